The van der Waals surface area contributed by atoms with Gasteiger partial charge in [-0.25, -0.2) is 0 Å². The van der Waals surface area contributed by atoms with Gasteiger partial charge in [0.2, 0.25) is 0 Å². The molecule has 0 radical (unpaired) electrons. The van der Waals surface area contributed by atoms with Crippen LogP contribution in [0.4, 0.5) is 0 Å². The van der Waals surface area contributed by atoms with E-state index in [0.717, 1.165) is 0 Å². The van der Waals surface area contributed by atoms with E-state index >= 15 is 0 Å². The van der Waals surface area contributed by atoms with Crippen LogP contribution in [0.25, 0.3) is 0 Å². The molecule has 23 heavy (non-hydrogen) atoms. The van der Waals surface area contributed by atoms with Gasteiger partial charge in [0.05, 0.1) is 13.2 Å². The first-order chi connectivity index (χ1) is 10.8. The van der Waals surface area contributed by atoms with E-state index in [1.165, 1.54) is 0 Å². The molecule has 0 aromatic heterocycles. The van der Waals surface area contributed by atoms with Crippen molar-refractivity contribution in [3.05, 3.63) is 0 Å². The van der Waals surface area contributed by atoms with Crippen LogP contribution >= 0.6 is 0 Å². The molecule has 2 saturated heterocycles. The maximum Gasteiger partial charge on any atom is 0.186 e. The van der Waals surface area contributed by atoms with Crippen molar-refractivity contribution in [3.8, 4) is 0 Å². The van der Waals surface area contributed by atoms with Crippen molar-refractivity contribution in [2.45, 2.75) is 61.4 Å². The molecule has 2 aliphatic rings. The van der Waals surface area contributed by atoms with E-state index in [0.29, 0.717) is 0 Å². The van der Waals surface area contributed by atoms with Crippen LogP contribution in [0, 0.1) is 0 Å². The van der Waals surface area contributed by atoms with Gasteiger partial charge in [-0.2, -0.15) is 0 Å². The van der Waals surface area contributed by atoms with Crippen LogP contribution in [-0.4, -0.2) is 115 Å². The van der Waals surface area contributed by atoms with Crippen molar-refractivity contribution < 1.29 is 55.1 Å². The highest BCUT2D eigenvalue weighted by atomic mass is 16.7. The molecule has 2 heterocycles. The molecule has 2 fully saturated rings. The van der Waals surface area contributed by atoms with E-state index in [-0.39, 0.29) is 0 Å². The molecule has 0 aromatic rings. The van der Waals surface area contributed by atoms with Crippen LogP contribution in [0.3, 0.4) is 0 Å². The molecule has 10 atom stereocenters. The monoisotopic (exact) mass is 342 g/mol. The normalized spacial score (nSPS) is 47.0. The minimum absolute atomic E-state index is 0.516. The average Bonchev–Trinajstić information content (AvgIpc) is 2.96. The number of aliphatic hydroxyl groups excluding tert-OH is 8. The summed E-state index contributed by atoms with van der Waals surface area (Å²) >= 11 is 0. The summed E-state index contributed by atoms with van der Waals surface area (Å²) in [5.74, 6) is 0. The second-order valence-corrected chi connectivity index (χ2v) is 5.57. The van der Waals surface area contributed by atoms with Gasteiger partial charge in [-0.3, -0.25) is 0 Å². The fraction of sp³-hybridized carbons (Fsp3) is 1.00. The first kappa shape index (κ1) is 18.9. The number of hydrogen-bond acceptors (Lipinski definition) is 11. The van der Waals surface area contributed by atoms with E-state index in [1.807, 2.05) is 0 Å². The molecule has 0 aromatic carbocycles. The number of rotatable bonds is 6. The second-order valence-electron chi connectivity index (χ2n) is 5.57. The van der Waals surface area contributed by atoms with Gasteiger partial charge in [0, 0.05) is 0 Å². The number of ether oxygens (including phenoxy) is 3. The Morgan fingerprint density at radius 1 is 0.783 bits per heavy atom. The second kappa shape index (κ2) is 7.63. The Morgan fingerprint density at radius 2 is 1.35 bits per heavy atom. The fourth-order valence-electron chi connectivity index (χ4n) is 2.52. The third-order valence-corrected chi connectivity index (χ3v) is 3.91. The SMILES string of the molecule is OC[C@@H](O)[C@@H]1O[C@@H](OC[C@@H](O)[C@@H]2O[C@H](O)[C@H](O)[C@H]2O)[C@H](O)[C@H]1O. The first-order valence-corrected chi connectivity index (χ1v) is 7.07. The highest BCUT2D eigenvalue weighted by Crippen LogP contribution is 2.26. The van der Waals surface area contributed by atoms with Crippen molar-refractivity contribution in [1.82, 2.24) is 0 Å². The number of aliphatic hydroxyl groups is 8. The standard InChI is InChI=1S/C12H22O11/c13-1-3(14)9-6(17)8(19)12(23-9)21-2-4(15)10-5(16)7(18)11(20)22-10/h3-20H,1-2H2/t3-,4-,5-,6-,7-,8-,9+,10+,11+,12-/m1/s1. The molecule has 11 nitrogen and oxygen atoms in total. The molecular weight excluding hydrogens is 320 g/mol. The third kappa shape index (κ3) is 3.81. The van der Waals surface area contributed by atoms with Gasteiger partial charge in [0.25, 0.3) is 0 Å². The summed E-state index contributed by atoms with van der Waals surface area (Å²) in [7, 11) is 0. The van der Waals surface area contributed by atoms with Crippen molar-refractivity contribution in [1.29, 1.82) is 0 Å². The molecule has 11 heteroatoms. The Morgan fingerprint density at radius 3 is 1.87 bits per heavy atom. The van der Waals surface area contributed by atoms with E-state index in [2.05, 4.69) is 0 Å². The summed E-state index contributed by atoms with van der Waals surface area (Å²) in [6, 6.07) is 0. The van der Waals surface area contributed by atoms with Crippen LogP contribution in [0.5, 0.6) is 0 Å². The van der Waals surface area contributed by atoms with Crippen molar-refractivity contribution in [3.63, 3.8) is 0 Å². The van der Waals surface area contributed by atoms with E-state index in [1.54, 1.807) is 0 Å². The van der Waals surface area contributed by atoms with Crippen LogP contribution < -0.4 is 0 Å². The first-order valence-electron chi connectivity index (χ1n) is 7.07. The summed E-state index contributed by atoms with van der Waals surface area (Å²) in [5, 5.41) is 75.8. The van der Waals surface area contributed by atoms with Crippen molar-refractivity contribution in [2.24, 2.45) is 0 Å². The lowest BCUT2D eigenvalue weighted by Gasteiger charge is -2.23. The number of hydrogen-bond donors (Lipinski definition) is 8. The predicted octanol–water partition coefficient (Wildman–Crippen LogP) is -5.40. The van der Waals surface area contributed by atoms with Gasteiger partial charge in [-0.1, -0.05) is 0 Å². The topological polar surface area (TPSA) is 190 Å². The zero-order valence-corrected chi connectivity index (χ0v) is 12.0. The van der Waals surface area contributed by atoms with Crippen LogP contribution in [0.1, 0.15) is 0 Å². The highest BCUT2D eigenvalue weighted by molar-refractivity contribution is 4.92. The zero-order chi connectivity index (χ0) is 17.3. The lowest BCUT2D eigenvalue weighted by Crippen LogP contribution is -2.43. The van der Waals surface area contributed by atoms with E-state index < -0.39 is 74.6 Å². The third-order valence-electron chi connectivity index (χ3n) is 3.91. The molecule has 2 rings (SSSR count). The Bertz CT molecular complexity index is 382. The summed E-state index contributed by atoms with van der Waals surface area (Å²) in [4.78, 5) is 0. The zero-order valence-electron chi connectivity index (χ0n) is 12.0. The molecule has 8 N–H and O–H groups in total. The van der Waals surface area contributed by atoms with Gasteiger partial charge in [-0.05, 0) is 0 Å². The van der Waals surface area contributed by atoms with Crippen molar-refractivity contribution >= 4 is 0 Å². The lowest BCUT2D eigenvalue weighted by atomic mass is 10.1. The van der Waals surface area contributed by atoms with Crippen LogP contribution in [0.2, 0.25) is 0 Å². The highest BCUT2D eigenvalue weighted by Gasteiger charge is 2.48. The summed E-state index contributed by atoms with van der Waals surface area (Å²) in [6.45, 7) is -1.21. The van der Waals surface area contributed by atoms with Crippen LogP contribution in [0.15, 0.2) is 0 Å². The fourth-order valence-corrected chi connectivity index (χ4v) is 2.52. The minimum atomic E-state index is -1.65. The molecule has 0 bridgehead atoms. The van der Waals surface area contributed by atoms with Gasteiger partial charge in [-0.15, -0.1) is 0 Å². The van der Waals surface area contributed by atoms with Gasteiger partial charge < -0.3 is 55.1 Å². The predicted molar refractivity (Wildman–Crippen MR) is 68.6 cm³/mol. The minimum Gasteiger partial charge on any atom is -0.394 e. The molecule has 0 aliphatic carbocycles. The van der Waals surface area contributed by atoms with Gasteiger partial charge in [0.15, 0.2) is 12.6 Å². The van der Waals surface area contributed by atoms with Gasteiger partial charge in [0.1, 0.15) is 48.8 Å². The van der Waals surface area contributed by atoms with Crippen molar-refractivity contribution in [2.75, 3.05) is 13.2 Å². The smallest absolute Gasteiger partial charge is 0.186 e. The Balaban J connectivity index is 1.86. The summed E-state index contributed by atoms with van der Waals surface area (Å²) in [5.41, 5.74) is 0. The quantitative estimate of drug-likeness (QED) is 0.230. The molecule has 2 aliphatic heterocycles. The Labute approximate surface area is 130 Å². The van der Waals surface area contributed by atoms with Gasteiger partial charge >= 0.3 is 0 Å². The largest absolute Gasteiger partial charge is 0.394 e. The Hall–Kier alpha value is -0.440. The maximum absolute atomic E-state index is 9.87. The summed E-state index contributed by atoms with van der Waals surface area (Å²) < 4.78 is 14.9. The van der Waals surface area contributed by atoms with Crippen LogP contribution in [-0.2, 0) is 14.2 Å². The molecule has 0 saturated carbocycles. The lowest BCUT2D eigenvalue weighted by molar-refractivity contribution is -0.206. The maximum atomic E-state index is 9.87. The Kier molecular flexibility index (Phi) is 6.27. The molecular formula is C12H22O11. The molecule has 0 amide bonds. The molecule has 0 spiro atoms. The van der Waals surface area contributed by atoms with E-state index in [9.17, 15) is 35.7 Å². The van der Waals surface area contributed by atoms with E-state index in [4.69, 9.17) is 19.3 Å². The molecule has 136 valence electrons. The average molecular weight is 342 g/mol. The molecule has 0 unspecified atom stereocenters. The summed E-state index contributed by atoms with van der Waals surface area (Å²) in [6.07, 6.45) is -14.7.